The lowest BCUT2D eigenvalue weighted by molar-refractivity contribution is -0.402. The van der Waals surface area contributed by atoms with E-state index in [-0.39, 0.29) is 79.3 Å². The van der Waals surface area contributed by atoms with Crippen molar-refractivity contribution in [1.29, 1.82) is 0 Å². The van der Waals surface area contributed by atoms with E-state index in [1.165, 1.54) is 0 Å². The molecule has 0 radical (unpaired) electrons. The molecule has 506 valence electrons. The number of aliphatic hydroxyl groups is 2. The van der Waals surface area contributed by atoms with Gasteiger partial charge in [-0.05, 0) is 50.1 Å². The van der Waals surface area contributed by atoms with Crippen LogP contribution >= 0.6 is 0 Å². The first-order chi connectivity index (χ1) is 47.9. The third-order valence-corrected chi connectivity index (χ3v) is 17.3. The maximum atomic E-state index is 13.3. The largest absolute Gasteiger partial charge is 0.385 e. The third kappa shape index (κ3) is 20.2. The van der Waals surface area contributed by atoms with Crippen molar-refractivity contribution in [1.82, 2.24) is 0 Å². The summed E-state index contributed by atoms with van der Waals surface area (Å²) in [4.78, 5) is 0. The van der Waals surface area contributed by atoms with Gasteiger partial charge in [-0.15, -0.1) is 0 Å². The maximum absolute atomic E-state index is 13.3. The second-order valence-corrected chi connectivity index (χ2v) is 24.4. The fourth-order valence-electron chi connectivity index (χ4n) is 12.3. The van der Waals surface area contributed by atoms with E-state index in [1.807, 2.05) is 273 Å². The van der Waals surface area contributed by atoms with E-state index in [0.717, 1.165) is 50.1 Å². The van der Waals surface area contributed by atoms with Crippen LogP contribution in [0.4, 0.5) is 0 Å². The van der Waals surface area contributed by atoms with Crippen molar-refractivity contribution in [2.24, 2.45) is 0 Å². The number of hydrogen-bond donors (Lipinski definition) is 2. The molecule has 0 unspecified atom stereocenters. The minimum atomic E-state index is -1.68. The van der Waals surface area contributed by atoms with Crippen LogP contribution in [0.1, 0.15) is 50.1 Å². The molecular formula is C81H86O16. The molecule has 3 heterocycles. The zero-order valence-electron chi connectivity index (χ0n) is 54.2. The van der Waals surface area contributed by atoms with Crippen LogP contribution in [0.25, 0.3) is 0 Å². The van der Waals surface area contributed by atoms with Gasteiger partial charge < -0.3 is 76.5 Å². The molecule has 0 aliphatic carbocycles. The highest BCUT2D eigenvalue weighted by Crippen LogP contribution is 2.39. The lowest BCUT2D eigenvalue weighted by Crippen LogP contribution is -2.68. The Labute approximate surface area is 568 Å². The first-order valence-corrected chi connectivity index (χ1v) is 33.4. The zero-order chi connectivity index (χ0) is 66.1. The lowest BCUT2D eigenvalue weighted by Gasteiger charge is -2.51. The monoisotopic (exact) mass is 1310 g/mol. The highest BCUT2D eigenvalue weighted by Gasteiger charge is 2.57. The Balaban J connectivity index is 0.950. The van der Waals surface area contributed by atoms with Gasteiger partial charge in [0, 0.05) is 0 Å². The van der Waals surface area contributed by atoms with Crippen LogP contribution in [0.15, 0.2) is 273 Å². The number of benzene rings is 9. The molecule has 0 spiro atoms. The summed E-state index contributed by atoms with van der Waals surface area (Å²) in [5, 5.41) is 26.1. The Morgan fingerprint density at radius 3 is 0.763 bits per heavy atom. The molecule has 9 aromatic rings. The van der Waals surface area contributed by atoms with Gasteiger partial charge in [0.05, 0.1) is 79.3 Å². The van der Waals surface area contributed by atoms with Gasteiger partial charge in [0.15, 0.2) is 18.9 Å². The van der Waals surface area contributed by atoms with Crippen molar-refractivity contribution in [3.63, 3.8) is 0 Å². The lowest BCUT2D eigenvalue weighted by atomic mass is 9.95. The van der Waals surface area contributed by atoms with Gasteiger partial charge in [0.1, 0.15) is 73.2 Å². The third-order valence-electron chi connectivity index (χ3n) is 17.3. The summed E-state index contributed by atoms with van der Waals surface area (Å²) in [7, 11) is 0. The normalized spacial score (nSPS) is 25.7. The molecule has 3 aliphatic heterocycles. The van der Waals surface area contributed by atoms with E-state index < -0.39 is 92.1 Å². The Bertz CT molecular complexity index is 3600. The van der Waals surface area contributed by atoms with Crippen LogP contribution < -0.4 is 0 Å². The van der Waals surface area contributed by atoms with Crippen LogP contribution in [0.5, 0.6) is 0 Å². The van der Waals surface area contributed by atoms with E-state index >= 15 is 0 Å². The van der Waals surface area contributed by atoms with E-state index in [4.69, 9.17) is 66.3 Å². The molecule has 16 heteroatoms. The van der Waals surface area contributed by atoms with Gasteiger partial charge in [-0.25, -0.2) is 0 Å². The van der Waals surface area contributed by atoms with E-state index in [1.54, 1.807) is 0 Å². The second kappa shape index (κ2) is 36.8. The van der Waals surface area contributed by atoms with E-state index in [9.17, 15) is 10.2 Å². The first kappa shape index (κ1) is 69.2. The van der Waals surface area contributed by atoms with Gasteiger partial charge >= 0.3 is 0 Å². The summed E-state index contributed by atoms with van der Waals surface area (Å²) in [6.07, 6.45) is -17.8. The summed E-state index contributed by atoms with van der Waals surface area (Å²) in [6, 6.07) is 88.3. The Kier molecular flexibility index (Phi) is 26.3. The van der Waals surface area contributed by atoms with Crippen molar-refractivity contribution in [2.75, 3.05) is 19.8 Å². The van der Waals surface area contributed by atoms with Gasteiger partial charge in [-0.2, -0.15) is 0 Å². The summed E-state index contributed by atoms with van der Waals surface area (Å²) in [5.41, 5.74) is 8.12. The number of aliphatic hydroxyl groups excluding tert-OH is 2. The molecule has 0 amide bonds. The van der Waals surface area contributed by atoms with Crippen molar-refractivity contribution >= 4 is 0 Å². The number of ether oxygens (including phenoxy) is 14. The second-order valence-electron chi connectivity index (χ2n) is 24.4. The number of hydrogen-bond acceptors (Lipinski definition) is 16. The standard InChI is InChI=1S/C81H86O16/c82-70-74(90-52-64-40-22-7-23-41-64)71(87-49-61-34-16-4-17-35-61)68(56-85-47-59-30-12-2-13-31-59)94-80(70)97-78-76(92-54-66-44-26-9-27-45-66)73(89-51-63-38-20-6-21-39-63)69(57-86-48-60-32-14-3-15-33-60)95-81(78)96-77-75(91-53-65-42-24-8-25-43-65)72(88-50-62-36-18-5-19-37-62)67(93-79(77)83)55-84-46-58-28-10-1-11-29-58/h1-45,67-83H,46-57H2/t67-,68-,69-,70+,71-,72-,73-,74-,75+,76+,77+,78+,79-,80+,81+/m1/s1. The molecule has 97 heavy (non-hydrogen) atoms. The maximum Gasteiger partial charge on any atom is 0.187 e. The Morgan fingerprint density at radius 2 is 0.454 bits per heavy atom. The fourth-order valence-corrected chi connectivity index (χ4v) is 12.3. The van der Waals surface area contributed by atoms with Crippen LogP contribution in [-0.4, -0.2) is 122 Å². The Hall–Kier alpha value is -7.66. The molecule has 0 aromatic heterocycles. The van der Waals surface area contributed by atoms with Crippen molar-refractivity contribution < 1.29 is 76.5 Å². The van der Waals surface area contributed by atoms with Crippen LogP contribution in [-0.2, 0) is 126 Å². The molecule has 12 rings (SSSR count). The topological polar surface area (TPSA) is 170 Å². The molecular weight excluding hydrogens is 1230 g/mol. The van der Waals surface area contributed by atoms with Crippen molar-refractivity contribution in [2.45, 2.75) is 152 Å². The van der Waals surface area contributed by atoms with E-state index in [2.05, 4.69) is 0 Å². The van der Waals surface area contributed by atoms with Gasteiger partial charge in [-0.3, -0.25) is 0 Å². The molecule has 3 aliphatic rings. The quantitative estimate of drug-likeness (QED) is 0.0390. The minimum Gasteiger partial charge on any atom is -0.385 e. The highest BCUT2D eigenvalue weighted by molar-refractivity contribution is 5.21. The van der Waals surface area contributed by atoms with Gasteiger partial charge in [0.25, 0.3) is 0 Å². The zero-order valence-corrected chi connectivity index (χ0v) is 54.2. The van der Waals surface area contributed by atoms with Crippen LogP contribution in [0.2, 0.25) is 0 Å². The molecule has 3 saturated heterocycles. The summed E-state index contributed by atoms with van der Waals surface area (Å²) in [5.74, 6) is 0. The van der Waals surface area contributed by atoms with Gasteiger partial charge in [-0.1, -0.05) is 273 Å². The molecule has 0 bridgehead atoms. The van der Waals surface area contributed by atoms with E-state index in [0.29, 0.717) is 0 Å². The molecule has 9 aromatic carbocycles. The Morgan fingerprint density at radius 1 is 0.227 bits per heavy atom. The fraction of sp³-hybridized carbons (Fsp3) is 0.333. The predicted octanol–water partition coefficient (Wildman–Crippen LogP) is 12.4. The average Bonchev–Trinajstić information content (AvgIpc) is 0.776. The molecule has 16 nitrogen and oxygen atoms in total. The predicted molar refractivity (Wildman–Crippen MR) is 362 cm³/mol. The van der Waals surface area contributed by atoms with Crippen LogP contribution in [0, 0.1) is 0 Å². The van der Waals surface area contributed by atoms with Crippen molar-refractivity contribution in [3.8, 4) is 0 Å². The molecule has 2 N–H and O–H groups in total. The molecule has 0 saturated carbocycles. The van der Waals surface area contributed by atoms with Crippen LogP contribution in [0.3, 0.4) is 0 Å². The average molecular weight is 1320 g/mol. The summed E-state index contributed by atoms with van der Waals surface area (Å²) >= 11 is 0. The summed E-state index contributed by atoms with van der Waals surface area (Å²) < 4.78 is 97.8. The summed E-state index contributed by atoms with van der Waals surface area (Å²) in [6.45, 7) is 1.46. The van der Waals surface area contributed by atoms with Gasteiger partial charge in [0.2, 0.25) is 0 Å². The first-order valence-electron chi connectivity index (χ1n) is 33.4. The van der Waals surface area contributed by atoms with Crippen molar-refractivity contribution in [3.05, 3.63) is 323 Å². The minimum absolute atomic E-state index is 0.00254. The molecule has 3 fully saturated rings. The SMILES string of the molecule is O[C@@H]1[C@H](O[C@@H]2[C@H](O[C@H]3[C@@H](OCc4ccccc4)[C@H](OCc4ccccc4)[C@@H](COCc4ccccc4)O[C@H]3O)O[C@H](COCc3ccccc3)[C@@H](OCc3ccccc3)[C@@H]2OCc2ccccc2)O[C@H](COCc2ccccc2)[C@@H](OCc2ccccc2)[C@@H]1OCc1ccccc1. The smallest absolute Gasteiger partial charge is 0.187 e. The highest BCUT2D eigenvalue weighted by atomic mass is 16.8. The number of rotatable bonds is 34. The molecule has 15 atom stereocenters.